The molecule has 1 amide bonds. The molecule has 0 spiro atoms. The van der Waals surface area contributed by atoms with Crippen molar-refractivity contribution < 1.29 is 9.53 Å². The molecule has 110 valence electrons. The monoisotopic (exact) mass is 301 g/mol. The summed E-state index contributed by atoms with van der Waals surface area (Å²) in [5, 5.41) is 2.07. The van der Waals surface area contributed by atoms with Crippen LogP contribution in [0.3, 0.4) is 0 Å². The number of ether oxygens (including phenoxy) is 1. The van der Waals surface area contributed by atoms with Gasteiger partial charge in [0, 0.05) is 17.0 Å². The zero-order chi connectivity index (χ0) is 14.8. The summed E-state index contributed by atoms with van der Waals surface area (Å²) >= 11 is 1.73. The van der Waals surface area contributed by atoms with Crippen LogP contribution < -0.4 is 4.74 Å². The number of carbonyl (C=O) groups excluding carboxylic acids is 1. The molecule has 1 aliphatic rings. The van der Waals surface area contributed by atoms with Crippen molar-refractivity contribution in [2.45, 2.75) is 25.8 Å². The molecule has 2 aromatic rings. The first-order chi connectivity index (χ1) is 10.2. The Morgan fingerprint density at radius 3 is 2.95 bits per heavy atom. The van der Waals surface area contributed by atoms with Crippen LogP contribution in [0.5, 0.6) is 5.75 Å². The number of benzene rings is 1. The molecule has 0 radical (unpaired) electrons. The highest BCUT2D eigenvalue weighted by molar-refractivity contribution is 7.10. The van der Waals surface area contributed by atoms with Gasteiger partial charge in [-0.15, -0.1) is 11.3 Å². The van der Waals surface area contributed by atoms with Crippen molar-refractivity contribution in [3.8, 4) is 5.75 Å². The van der Waals surface area contributed by atoms with Gasteiger partial charge in [-0.05, 0) is 48.9 Å². The van der Waals surface area contributed by atoms with Gasteiger partial charge in [0.25, 0.3) is 5.91 Å². The van der Waals surface area contributed by atoms with Gasteiger partial charge in [-0.1, -0.05) is 12.1 Å². The minimum Gasteiger partial charge on any atom is -0.496 e. The molecule has 1 aromatic heterocycles. The van der Waals surface area contributed by atoms with E-state index >= 15 is 0 Å². The molecule has 3 nitrogen and oxygen atoms in total. The SMILES string of the molecule is COc1cc(C(=O)N2CCCC2c2cccs2)ccc1C. The maximum absolute atomic E-state index is 12.8. The Morgan fingerprint density at radius 1 is 1.38 bits per heavy atom. The third-order valence-electron chi connectivity index (χ3n) is 4.04. The minimum atomic E-state index is 0.101. The van der Waals surface area contributed by atoms with E-state index in [9.17, 15) is 4.79 Å². The smallest absolute Gasteiger partial charge is 0.254 e. The molecule has 0 aliphatic carbocycles. The first-order valence-electron chi connectivity index (χ1n) is 7.19. The molecule has 21 heavy (non-hydrogen) atoms. The Morgan fingerprint density at radius 2 is 2.24 bits per heavy atom. The number of aryl methyl sites for hydroxylation is 1. The van der Waals surface area contributed by atoms with Gasteiger partial charge in [0.2, 0.25) is 0 Å². The molecule has 0 saturated carbocycles. The zero-order valence-electron chi connectivity index (χ0n) is 12.3. The minimum absolute atomic E-state index is 0.101. The molecule has 1 aliphatic heterocycles. The molecular weight excluding hydrogens is 282 g/mol. The van der Waals surface area contributed by atoms with Crippen molar-refractivity contribution >= 4 is 17.2 Å². The Balaban J connectivity index is 1.87. The second kappa shape index (κ2) is 5.90. The molecule has 1 atom stereocenters. The van der Waals surface area contributed by atoms with Gasteiger partial charge in [0.1, 0.15) is 5.75 Å². The van der Waals surface area contributed by atoms with Crippen LogP contribution in [0.4, 0.5) is 0 Å². The summed E-state index contributed by atoms with van der Waals surface area (Å²) in [6.45, 7) is 2.81. The Labute approximate surface area is 129 Å². The van der Waals surface area contributed by atoms with Gasteiger partial charge >= 0.3 is 0 Å². The lowest BCUT2D eigenvalue weighted by molar-refractivity contribution is 0.0737. The summed E-state index contributed by atoms with van der Waals surface area (Å²) in [6, 6.07) is 10.1. The number of nitrogens with zero attached hydrogens (tertiary/aromatic N) is 1. The average molecular weight is 301 g/mol. The highest BCUT2D eigenvalue weighted by Gasteiger charge is 2.31. The lowest BCUT2D eigenvalue weighted by Crippen LogP contribution is -2.30. The third-order valence-corrected chi connectivity index (χ3v) is 5.01. The lowest BCUT2D eigenvalue weighted by Gasteiger charge is -2.24. The van der Waals surface area contributed by atoms with Crippen molar-refractivity contribution in [2.24, 2.45) is 0 Å². The predicted molar refractivity (Wildman–Crippen MR) is 85.1 cm³/mol. The van der Waals surface area contributed by atoms with Crippen LogP contribution in [-0.2, 0) is 0 Å². The van der Waals surface area contributed by atoms with E-state index in [1.165, 1.54) is 4.88 Å². The number of methoxy groups -OCH3 is 1. The molecule has 3 rings (SSSR count). The van der Waals surface area contributed by atoms with E-state index in [4.69, 9.17) is 4.74 Å². The molecule has 0 bridgehead atoms. The number of amides is 1. The third kappa shape index (κ3) is 2.68. The fraction of sp³-hybridized carbons (Fsp3) is 0.353. The number of hydrogen-bond acceptors (Lipinski definition) is 3. The molecule has 4 heteroatoms. The van der Waals surface area contributed by atoms with E-state index in [-0.39, 0.29) is 11.9 Å². The number of carbonyl (C=O) groups is 1. The summed E-state index contributed by atoms with van der Waals surface area (Å²) in [7, 11) is 1.64. The maximum atomic E-state index is 12.8. The van der Waals surface area contributed by atoms with Crippen LogP contribution in [-0.4, -0.2) is 24.5 Å². The molecule has 1 aromatic carbocycles. The van der Waals surface area contributed by atoms with Gasteiger partial charge < -0.3 is 9.64 Å². The largest absolute Gasteiger partial charge is 0.496 e. The highest BCUT2D eigenvalue weighted by atomic mass is 32.1. The second-order valence-electron chi connectivity index (χ2n) is 5.36. The lowest BCUT2D eigenvalue weighted by atomic mass is 10.1. The van der Waals surface area contributed by atoms with E-state index in [1.807, 2.05) is 30.0 Å². The summed E-state index contributed by atoms with van der Waals surface area (Å²) in [5.74, 6) is 0.872. The van der Waals surface area contributed by atoms with Crippen molar-refractivity contribution in [2.75, 3.05) is 13.7 Å². The van der Waals surface area contributed by atoms with Crippen LogP contribution in [0, 0.1) is 6.92 Å². The van der Waals surface area contributed by atoms with Crippen LogP contribution in [0.15, 0.2) is 35.7 Å². The van der Waals surface area contributed by atoms with Gasteiger partial charge in [0.15, 0.2) is 0 Å². The van der Waals surface area contributed by atoms with Gasteiger partial charge in [0.05, 0.1) is 13.2 Å². The fourth-order valence-corrected chi connectivity index (χ4v) is 3.78. The zero-order valence-corrected chi connectivity index (χ0v) is 13.2. The van der Waals surface area contributed by atoms with Crippen molar-refractivity contribution in [1.82, 2.24) is 4.90 Å². The van der Waals surface area contributed by atoms with Crippen LogP contribution >= 0.6 is 11.3 Å². The quantitative estimate of drug-likeness (QED) is 0.856. The molecule has 2 heterocycles. The summed E-state index contributed by atoms with van der Waals surface area (Å²) in [6.07, 6.45) is 2.12. The molecular formula is C17H19NO2S. The first-order valence-corrected chi connectivity index (χ1v) is 8.07. The van der Waals surface area contributed by atoms with Crippen molar-refractivity contribution in [1.29, 1.82) is 0 Å². The first kappa shape index (κ1) is 14.1. The molecule has 1 fully saturated rings. The van der Waals surface area contributed by atoms with Crippen molar-refractivity contribution in [3.05, 3.63) is 51.7 Å². The summed E-state index contributed by atoms with van der Waals surface area (Å²) in [5.41, 5.74) is 1.76. The van der Waals surface area contributed by atoms with Crippen molar-refractivity contribution in [3.63, 3.8) is 0 Å². The Bertz CT molecular complexity index is 636. The topological polar surface area (TPSA) is 29.5 Å². The van der Waals surface area contributed by atoms with Crippen LogP contribution in [0.2, 0.25) is 0 Å². The summed E-state index contributed by atoms with van der Waals surface area (Å²) in [4.78, 5) is 16.1. The predicted octanol–water partition coefficient (Wildman–Crippen LogP) is 4.04. The summed E-state index contributed by atoms with van der Waals surface area (Å²) < 4.78 is 5.33. The van der Waals surface area contributed by atoms with Gasteiger partial charge in [-0.2, -0.15) is 0 Å². The van der Waals surface area contributed by atoms with E-state index in [2.05, 4.69) is 17.5 Å². The highest BCUT2D eigenvalue weighted by Crippen LogP contribution is 2.35. The number of rotatable bonds is 3. The van der Waals surface area contributed by atoms with Crippen LogP contribution in [0.1, 0.15) is 39.7 Å². The van der Waals surface area contributed by atoms with Crippen LogP contribution in [0.25, 0.3) is 0 Å². The van der Waals surface area contributed by atoms with Gasteiger partial charge in [-0.25, -0.2) is 0 Å². The van der Waals surface area contributed by atoms with E-state index in [1.54, 1.807) is 18.4 Å². The standard InChI is InChI=1S/C17H19NO2S/c1-12-7-8-13(11-15(12)20-2)17(19)18-9-3-5-14(18)16-6-4-10-21-16/h4,6-8,10-11,14H,3,5,9H2,1-2H3. The number of thiophene rings is 1. The Kier molecular flexibility index (Phi) is 3.97. The van der Waals surface area contributed by atoms with E-state index in [0.29, 0.717) is 5.56 Å². The second-order valence-corrected chi connectivity index (χ2v) is 6.34. The average Bonchev–Trinajstić information content (AvgIpc) is 3.17. The van der Waals surface area contributed by atoms with E-state index in [0.717, 1.165) is 30.7 Å². The number of hydrogen-bond donors (Lipinski definition) is 0. The maximum Gasteiger partial charge on any atom is 0.254 e. The molecule has 1 unspecified atom stereocenters. The molecule has 0 N–H and O–H groups in total. The van der Waals surface area contributed by atoms with Gasteiger partial charge in [-0.3, -0.25) is 4.79 Å². The normalized spacial score (nSPS) is 18.0. The van der Waals surface area contributed by atoms with E-state index < -0.39 is 0 Å². The fourth-order valence-electron chi connectivity index (χ4n) is 2.91. The Hall–Kier alpha value is -1.81. The number of likely N-dealkylation sites (tertiary alicyclic amines) is 1. The molecule has 1 saturated heterocycles.